The van der Waals surface area contributed by atoms with Crippen molar-refractivity contribution in [1.29, 1.82) is 0 Å². The lowest BCUT2D eigenvalue weighted by molar-refractivity contribution is -0.143. The Hall–Kier alpha value is -2.67. The summed E-state index contributed by atoms with van der Waals surface area (Å²) in [6.45, 7) is 10.2. The van der Waals surface area contributed by atoms with Gasteiger partial charge >= 0.3 is 17.9 Å². The molecule has 7 heteroatoms. The van der Waals surface area contributed by atoms with E-state index in [0.29, 0.717) is 11.1 Å². The Morgan fingerprint density at radius 1 is 1.31 bits per heavy atom. The molecule has 0 aromatic carbocycles. The number of rotatable bonds is 4. The van der Waals surface area contributed by atoms with Gasteiger partial charge in [0.1, 0.15) is 18.8 Å². The van der Waals surface area contributed by atoms with E-state index in [9.17, 15) is 19.5 Å². The smallest absolute Gasteiger partial charge is 0.334 e. The highest BCUT2D eigenvalue weighted by molar-refractivity contribution is 5.91. The van der Waals surface area contributed by atoms with Gasteiger partial charge in [-0.2, -0.15) is 0 Å². The summed E-state index contributed by atoms with van der Waals surface area (Å²) in [5.74, 6) is -2.07. The summed E-state index contributed by atoms with van der Waals surface area (Å²) in [5.41, 5.74) is 2.10. The van der Waals surface area contributed by atoms with Crippen LogP contribution in [-0.4, -0.2) is 47.9 Å². The van der Waals surface area contributed by atoms with Crippen molar-refractivity contribution >= 4 is 17.9 Å². The molecule has 29 heavy (non-hydrogen) atoms. The number of aliphatic hydroxyl groups excluding tert-OH is 1. The van der Waals surface area contributed by atoms with Crippen LogP contribution in [0.2, 0.25) is 0 Å². The number of carbonyl (C=O) groups excluding carboxylic acids is 3. The molecule has 0 spiro atoms. The molecule has 1 heterocycles. The maximum atomic E-state index is 12.3. The summed E-state index contributed by atoms with van der Waals surface area (Å²) in [7, 11) is 0. The van der Waals surface area contributed by atoms with Crippen LogP contribution in [0.4, 0.5) is 0 Å². The molecular formula is C22H28O7. The molecule has 0 bridgehead atoms. The second kappa shape index (κ2) is 9.69. The molecule has 7 nitrogen and oxygen atoms in total. The van der Waals surface area contributed by atoms with Crippen LogP contribution in [0.3, 0.4) is 0 Å². The zero-order valence-electron chi connectivity index (χ0n) is 17.3. The van der Waals surface area contributed by atoms with E-state index in [2.05, 4.69) is 6.58 Å². The molecule has 1 aliphatic heterocycles. The standard InChI is InChI=1S/C22H28O7/c1-6-13(3)21(25)28-17-7-12(2)8-18(24)20-14(4)22(26)29-19(20)10-16(9-17)11-27-15(5)23/h6-7,10,17-20,24H,4,8-9,11H2,1-3,5H3. The molecule has 2 rings (SSSR count). The highest BCUT2D eigenvalue weighted by Gasteiger charge is 2.42. The summed E-state index contributed by atoms with van der Waals surface area (Å²) in [5, 5.41) is 10.7. The molecule has 0 amide bonds. The Bertz CT molecular complexity index is 787. The van der Waals surface area contributed by atoms with Crippen molar-refractivity contribution in [1.82, 2.24) is 0 Å². The third-order valence-corrected chi connectivity index (χ3v) is 5.02. The van der Waals surface area contributed by atoms with Crippen molar-refractivity contribution < 1.29 is 33.7 Å². The van der Waals surface area contributed by atoms with Gasteiger partial charge in [-0.3, -0.25) is 4.79 Å². The van der Waals surface area contributed by atoms with Crippen molar-refractivity contribution in [2.24, 2.45) is 5.92 Å². The molecule has 158 valence electrons. The lowest BCUT2D eigenvalue weighted by Crippen LogP contribution is -2.30. The van der Waals surface area contributed by atoms with Gasteiger partial charge in [0.15, 0.2) is 0 Å². The van der Waals surface area contributed by atoms with Crippen LogP contribution < -0.4 is 0 Å². The fourth-order valence-electron chi connectivity index (χ4n) is 3.38. The second-order valence-electron chi connectivity index (χ2n) is 7.43. The molecule has 1 saturated heterocycles. The molecule has 1 aliphatic carbocycles. The molecule has 0 saturated carbocycles. The largest absolute Gasteiger partial charge is 0.461 e. The molecule has 0 aromatic rings. The number of hydrogen-bond donors (Lipinski definition) is 1. The Labute approximate surface area is 170 Å². The Morgan fingerprint density at radius 2 is 2.00 bits per heavy atom. The van der Waals surface area contributed by atoms with Gasteiger partial charge in [-0.05, 0) is 44.9 Å². The summed E-state index contributed by atoms with van der Waals surface area (Å²) in [6, 6.07) is 0. The van der Waals surface area contributed by atoms with E-state index in [0.717, 1.165) is 5.57 Å². The number of fused-ring (bicyclic) bond motifs is 1. The predicted molar refractivity (Wildman–Crippen MR) is 106 cm³/mol. The molecule has 0 radical (unpaired) electrons. The predicted octanol–water partition coefficient (Wildman–Crippen LogP) is 2.55. The molecule has 4 unspecified atom stereocenters. The van der Waals surface area contributed by atoms with Crippen molar-refractivity contribution in [2.45, 2.75) is 58.8 Å². The monoisotopic (exact) mass is 404 g/mol. The number of hydrogen-bond acceptors (Lipinski definition) is 7. The number of allylic oxidation sites excluding steroid dienone is 1. The Kier molecular flexibility index (Phi) is 7.56. The average molecular weight is 404 g/mol. The van der Waals surface area contributed by atoms with E-state index in [1.807, 2.05) is 6.92 Å². The van der Waals surface area contributed by atoms with E-state index in [-0.39, 0.29) is 25.0 Å². The first-order valence-electron chi connectivity index (χ1n) is 9.54. The van der Waals surface area contributed by atoms with E-state index in [1.54, 1.807) is 32.1 Å². The van der Waals surface area contributed by atoms with Crippen molar-refractivity contribution in [3.8, 4) is 0 Å². The van der Waals surface area contributed by atoms with Crippen LogP contribution >= 0.6 is 0 Å². The van der Waals surface area contributed by atoms with Gasteiger partial charge < -0.3 is 19.3 Å². The summed E-state index contributed by atoms with van der Waals surface area (Å²) in [4.78, 5) is 35.6. The van der Waals surface area contributed by atoms with Crippen molar-refractivity contribution in [3.05, 3.63) is 47.1 Å². The maximum absolute atomic E-state index is 12.3. The first-order valence-corrected chi connectivity index (χ1v) is 9.54. The van der Waals surface area contributed by atoms with Gasteiger partial charge in [-0.25, -0.2) is 9.59 Å². The molecule has 1 fully saturated rings. The third-order valence-electron chi connectivity index (χ3n) is 5.02. The Morgan fingerprint density at radius 3 is 2.62 bits per heavy atom. The molecule has 4 atom stereocenters. The highest BCUT2D eigenvalue weighted by atomic mass is 16.6. The maximum Gasteiger partial charge on any atom is 0.334 e. The lowest BCUT2D eigenvalue weighted by atomic mass is 9.85. The first kappa shape index (κ1) is 22.6. The quantitative estimate of drug-likeness (QED) is 0.333. The van der Waals surface area contributed by atoms with Crippen LogP contribution in [0.25, 0.3) is 0 Å². The van der Waals surface area contributed by atoms with Crippen molar-refractivity contribution in [2.75, 3.05) is 6.61 Å². The number of carbonyl (C=O) groups is 3. The zero-order chi connectivity index (χ0) is 21.7. The van der Waals surface area contributed by atoms with Gasteiger partial charge in [-0.15, -0.1) is 0 Å². The fourth-order valence-corrected chi connectivity index (χ4v) is 3.38. The third kappa shape index (κ3) is 5.90. The fraction of sp³-hybridized carbons (Fsp3) is 0.500. The topological polar surface area (TPSA) is 99.1 Å². The lowest BCUT2D eigenvalue weighted by Gasteiger charge is -2.25. The van der Waals surface area contributed by atoms with E-state index >= 15 is 0 Å². The van der Waals surface area contributed by atoms with Crippen molar-refractivity contribution in [3.63, 3.8) is 0 Å². The van der Waals surface area contributed by atoms with Crippen LogP contribution in [0.15, 0.2) is 47.1 Å². The number of aliphatic hydroxyl groups is 1. The minimum absolute atomic E-state index is 0.0395. The van der Waals surface area contributed by atoms with Crippen LogP contribution in [-0.2, 0) is 28.6 Å². The molecular weight excluding hydrogens is 376 g/mol. The summed E-state index contributed by atoms with van der Waals surface area (Å²) in [6.07, 6.45) is 3.38. The normalized spacial score (nSPS) is 28.0. The van der Waals surface area contributed by atoms with Crippen LogP contribution in [0.1, 0.15) is 40.5 Å². The highest BCUT2D eigenvalue weighted by Crippen LogP contribution is 2.35. The van der Waals surface area contributed by atoms with E-state index in [4.69, 9.17) is 14.2 Å². The Balaban J connectivity index is 2.39. The van der Waals surface area contributed by atoms with Crippen LogP contribution in [0, 0.1) is 5.92 Å². The minimum atomic E-state index is -0.895. The minimum Gasteiger partial charge on any atom is -0.461 e. The van der Waals surface area contributed by atoms with E-state index in [1.165, 1.54) is 6.92 Å². The molecule has 1 N–H and O–H groups in total. The second-order valence-corrected chi connectivity index (χ2v) is 7.43. The van der Waals surface area contributed by atoms with Gasteiger partial charge in [0.25, 0.3) is 0 Å². The SMILES string of the molecule is C=C1C(=O)OC2C=C(COC(C)=O)CC(OC(=O)C(C)=CC)C=C(C)CC(O)C12. The van der Waals surface area contributed by atoms with Gasteiger partial charge in [0.2, 0.25) is 0 Å². The number of ether oxygens (including phenoxy) is 3. The summed E-state index contributed by atoms with van der Waals surface area (Å²) < 4.78 is 16.1. The number of esters is 3. The first-order chi connectivity index (χ1) is 13.6. The van der Waals surface area contributed by atoms with Gasteiger partial charge in [-0.1, -0.05) is 18.2 Å². The van der Waals surface area contributed by atoms with E-state index < -0.39 is 42.1 Å². The zero-order valence-corrected chi connectivity index (χ0v) is 17.3. The molecule has 0 aromatic heterocycles. The summed E-state index contributed by atoms with van der Waals surface area (Å²) >= 11 is 0. The molecule has 2 aliphatic rings. The van der Waals surface area contributed by atoms with Crippen LogP contribution in [0.5, 0.6) is 0 Å². The average Bonchev–Trinajstić information content (AvgIpc) is 2.91. The van der Waals surface area contributed by atoms with Gasteiger partial charge in [0, 0.05) is 24.5 Å². The van der Waals surface area contributed by atoms with Gasteiger partial charge in [0.05, 0.1) is 12.0 Å².